The molecule has 526 valence electrons. The molecule has 0 aliphatic heterocycles. The van der Waals surface area contributed by atoms with E-state index in [1.165, 1.54) is 0 Å². The fourth-order valence-electron chi connectivity index (χ4n) is 10.4. The Morgan fingerprint density at radius 2 is 0.296 bits per heavy atom. The zero-order valence-electron chi connectivity index (χ0n) is 59.6. The summed E-state index contributed by atoms with van der Waals surface area (Å²) in [6.07, 6.45) is 1.59. The topological polar surface area (TPSA) is 412 Å². The van der Waals surface area contributed by atoms with Gasteiger partial charge in [0.2, 0.25) is 87.0 Å². The number of aryl methyl sites for hydroxylation is 9. The van der Waals surface area contributed by atoms with E-state index in [0.29, 0.717) is 85.5 Å². The van der Waals surface area contributed by atoms with Gasteiger partial charge in [0.25, 0.3) is 0 Å². The average Bonchev–Trinajstić information content (AvgIpc) is 0.728. The molecule has 32 nitrogen and oxygen atoms in total. The Bertz CT molecular complexity index is 5030. The summed E-state index contributed by atoms with van der Waals surface area (Å²) in [5.74, 6) is 4.19. The predicted molar refractivity (Wildman–Crippen MR) is 393 cm³/mol. The highest BCUT2D eigenvalue weighted by atomic mass is 15.4. The number of rotatable bonds is 16. The number of hydrogen-bond donors (Lipinski definition) is 0. The van der Waals surface area contributed by atoms with Crippen molar-refractivity contribution in [2.75, 3.05) is 0 Å². The van der Waals surface area contributed by atoms with Gasteiger partial charge in [0, 0.05) is 68.5 Å². The summed E-state index contributed by atoms with van der Waals surface area (Å²) in [7, 11) is 0. The van der Waals surface area contributed by atoms with Crippen molar-refractivity contribution in [3.05, 3.63) is 262 Å². The summed E-state index contributed by atoms with van der Waals surface area (Å²) >= 11 is 0. The largest absolute Gasteiger partial charge is 0.223 e. The molecule has 0 bridgehead atoms. The fourth-order valence-corrected chi connectivity index (χ4v) is 10.4. The predicted octanol–water partition coefficient (Wildman–Crippen LogP) is 10.0. The van der Waals surface area contributed by atoms with Crippen LogP contribution in [0.2, 0.25) is 0 Å². The van der Waals surface area contributed by atoms with E-state index < -0.39 is 5.41 Å². The first kappa shape index (κ1) is 70.3. The van der Waals surface area contributed by atoms with Crippen LogP contribution in [-0.4, -0.2) is 163 Å². The van der Waals surface area contributed by atoms with Crippen LogP contribution in [0.4, 0.5) is 0 Å². The van der Waals surface area contributed by atoms with Gasteiger partial charge in [-0.1, -0.05) is 223 Å². The van der Waals surface area contributed by atoms with Gasteiger partial charge in [0.05, 0.1) is 0 Å². The highest BCUT2D eigenvalue weighted by Gasteiger charge is 2.54. The Morgan fingerprint density at radius 3 is 0.435 bits per heavy atom. The average molecular weight is 1420 g/mol. The lowest BCUT2D eigenvalue weighted by Crippen LogP contribution is -2.41. The molecule has 0 radical (unpaired) electrons. The first-order valence-corrected chi connectivity index (χ1v) is 34.0. The normalized spacial score (nSPS) is 11.1. The molecular weight excluding hydrogens is 1360 g/mol. The smallest absolute Gasteiger partial charge is 0.132 e. The van der Waals surface area contributed by atoms with Crippen molar-refractivity contribution in [3.63, 3.8) is 0 Å². The summed E-state index contributed by atoms with van der Waals surface area (Å²) in [4.78, 5) is 0. The third-order valence-corrected chi connectivity index (χ3v) is 16.8. The van der Waals surface area contributed by atoms with Crippen LogP contribution < -0.4 is 0 Å². The summed E-state index contributed by atoms with van der Waals surface area (Å²) < 4.78 is 0. The Labute approximate surface area is 616 Å². The third kappa shape index (κ3) is 16.1. The Kier molecular flexibility index (Phi) is 20.8. The molecule has 8 aromatic carbocycles. The van der Waals surface area contributed by atoms with Crippen molar-refractivity contribution in [1.29, 1.82) is 0 Å². The molecular formula is C76H62N32. The molecule has 0 saturated carbocycles. The van der Waals surface area contributed by atoms with Crippen LogP contribution in [0, 0.1) is 48.5 Å². The molecule has 108 heavy (non-hydrogen) atoms. The van der Waals surface area contributed by atoms with E-state index in [1.807, 2.05) is 250 Å². The number of benzene rings is 8. The molecule has 0 atom stereocenters. The lowest BCUT2D eigenvalue weighted by molar-refractivity contribution is 0.486. The van der Waals surface area contributed by atoms with Crippen molar-refractivity contribution in [2.45, 2.75) is 80.6 Å². The van der Waals surface area contributed by atoms with E-state index in [0.717, 1.165) is 68.5 Å². The highest BCUT2D eigenvalue weighted by Crippen LogP contribution is 2.38. The van der Waals surface area contributed by atoms with E-state index >= 15 is 0 Å². The Morgan fingerprint density at radius 1 is 0.167 bits per heavy atom. The second kappa shape index (κ2) is 31.9. The van der Waals surface area contributed by atoms with Gasteiger partial charge in [-0.05, 0) is 66.7 Å². The van der Waals surface area contributed by atoms with Crippen molar-refractivity contribution >= 4 is 0 Å². The highest BCUT2D eigenvalue weighted by molar-refractivity contribution is 5.75. The first-order valence-electron chi connectivity index (χ1n) is 34.0. The number of nitrogens with zero attached hydrogens (tertiary/aromatic N) is 32. The van der Waals surface area contributed by atoms with Crippen molar-refractivity contribution in [2.24, 2.45) is 0 Å². The van der Waals surface area contributed by atoms with Gasteiger partial charge in [-0.25, -0.2) is 0 Å². The van der Waals surface area contributed by atoms with Gasteiger partial charge in [-0.3, -0.25) is 0 Å². The molecule has 0 aliphatic rings. The van der Waals surface area contributed by atoms with E-state index in [2.05, 4.69) is 163 Å². The van der Waals surface area contributed by atoms with Gasteiger partial charge >= 0.3 is 0 Å². The van der Waals surface area contributed by atoms with Crippen LogP contribution in [-0.2, 0) is 18.3 Å². The van der Waals surface area contributed by atoms with Gasteiger partial charge < -0.3 is 0 Å². The van der Waals surface area contributed by atoms with Gasteiger partial charge in [-0.2, -0.15) is 0 Å². The van der Waals surface area contributed by atoms with Gasteiger partial charge in [0.1, 0.15) is 0 Å². The summed E-state index contributed by atoms with van der Waals surface area (Å²) in [5.41, 5.74) is 12.8. The van der Waals surface area contributed by atoms with Gasteiger partial charge in [0.15, 0.2) is 11.6 Å². The van der Waals surface area contributed by atoms with Crippen LogP contribution >= 0.6 is 0 Å². The van der Waals surface area contributed by atoms with Crippen molar-refractivity contribution in [3.8, 4) is 114 Å². The Balaban J connectivity index is 0.000000162. The lowest BCUT2D eigenvalue weighted by atomic mass is 9.84. The van der Waals surface area contributed by atoms with Crippen LogP contribution in [0.1, 0.15) is 87.7 Å². The second-order valence-electron chi connectivity index (χ2n) is 24.9. The first-order chi connectivity index (χ1) is 52.7. The minimum absolute atomic E-state index is 0.113. The summed E-state index contributed by atoms with van der Waals surface area (Å²) in [5, 5.41) is 139. The van der Waals surface area contributed by atoms with Crippen molar-refractivity contribution in [1.82, 2.24) is 163 Å². The molecule has 8 heterocycles. The number of hydrogen-bond acceptors (Lipinski definition) is 32. The zero-order valence-corrected chi connectivity index (χ0v) is 59.6. The van der Waals surface area contributed by atoms with E-state index in [1.54, 1.807) is 0 Å². The molecule has 0 N–H and O–H groups in total. The SMILES string of the molecule is CCc1nnc(CC)nn1.Cc1ccc(-c2nnc(-c3cc(-c4nnc(-c5ccc(C)cc5)nn4)cc(-c4nnc(-c5ccc(C)cc5)nn4)c3)nn2)cc1.Cc1ccc(-c2nnc(C(c3nnc(-c4ccc(C)cc4)nn3)(c3nnc(-c4ccc(C)cc4)nn3)c3nnc(-c4ccc(C)cc4)nn3)nn2)cc1. The van der Waals surface area contributed by atoms with Crippen LogP contribution in [0.25, 0.3) is 114 Å². The maximum Gasteiger partial charge on any atom is 0.223 e. The molecule has 0 unspecified atom stereocenters. The lowest BCUT2D eigenvalue weighted by Gasteiger charge is -2.24. The summed E-state index contributed by atoms with van der Waals surface area (Å²) in [6.45, 7) is 18.0. The van der Waals surface area contributed by atoms with E-state index in [-0.39, 0.29) is 46.6 Å². The fraction of sp³-hybridized carbons (Fsp3) is 0.158. The summed E-state index contributed by atoms with van der Waals surface area (Å²) in [6, 6.07) is 59.5. The van der Waals surface area contributed by atoms with Crippen LogP contribution in [0.15, 0.2) is 188 Å². The molecule has 0 amide bonds. The van der Waals surface area contributed by atoms with E-state index in [9.17, 15) is 0 Å². The molecule has 0 fully saturated rings. The van der Waals surface area contributed by atoms with E-state index in [4.69, 9.17) is 0 Å². The zero-order chi connectivity index (χ0) is 74.5. The molecule has 32 heteroatoms. The van der Waals surface area contributed by atoms with Crippen molar-refractivity contribution < 1.29 is 0 Å². The molecule has 16 rings (SSSR count). The minimum Gasteiger partial charge on any atom is -0.132 e. The van der Waals surface area contributed by atoms with Crippen LogP contribution in [0.5, 0.6) is 0 Å². The third-order valence-electron chi connectivity index (χ3n) is 16.8. The minimum atomic E-state index is -1.98. The molecule has 0 spiro atoms. The monoisotopic (exact) mass is 1420 g/mol. The van der Waals surface area contributed by atoms with Gasteiger partial charge in [-0.15, -0.1) is 163 Å². The standard InChI is InChI=1S/C37H28N16.C33H24N12.C6H10N4/c1-21-5-13-25(14-6-21)29-38-46-33(47-39-29)37(34-48-40-30(41-49-34)26-15-7-22(2)8-16-26,35-50-42-31(43-51-35)27-17-9-23(3)10-18-27)36-52-44-32(45-53-36)28-19-11-24(4)12-20-28;1-19-4-10-22(11-5-19)28-34-40-31(41-35-28)25-16-26(32-42-36-29(37-43-32)23-12-6-20(2)7-13-23)18-27(17-25)33-44-38-30(39-45-33)24-14-8-21(3)9-15-24;1-3-5-7-9-6(4-2)10-8-5/h5-20H,1-4H3;4-18H,1-3H3;3-4H2,1-2H3. The molecule has 8 aromatic heterocycles. The molecule has 0 saturated heterocycles. The Hall–Kier alpha value is -14.7. The number of aromatic nitrogens is 32. The van der Waals surface area contributed by atoms with Crippen LogP contribution in [0.3, 0.4) is 0 Å². The maximum atomic E-state index is 4.52. The molecule has 16 aromatic rings. The second-order valence-corrected chi connectivity index (χ2v) is 24.9. The quantitative estimate of drug-likeness (QED) is 0.0867. The maximum absolute atomic E-state index is 4.52. The molecule has 0 aliphatic carbocycles.